The van der Waals surface area contributed by atoms with E-state index in [0.29, 0.717) is 30.0 Å². The lowest BCUT2D eigenvalue weighted by Crippen LogP contribution is -2.38. The lowest BCUT2D eigenvalue weighted by Gasteiger charge is -2.20. The zero-order chi connectivity index (χ0) is 35.2. The molecule has 0 aromatic heterocycles. The van der Waals surface area contributed by atoms with Crippen LogP contribution in [0.1, 0.15) is 11.1 Å². The monoisotopic (exact) mass is 660 g/mol. The molecule has 0 aliphatic rings. The minimum absolute atomic E-state index is 0.117. The Kier molecular flexibility index (Phi) is 10.1. The molecule has 0 heterocycles. The Morgan fingerprint density at radius 1 is 0.596 bits per heavy atom. The number of hydrogen-bond acceptors (Lipinski definition) is 17. The van der Waals surface area contributed by atoms with E-state index in [1.165, 1.54) is 19.2 Å². The fraction of sp³-hybridized carbons (Fsp3) is 0.130. The van der Waals surface area contributed by atoms with Gasteiger partial charge in [-0.05, 0) is 24.3 Å². The molecule has 3 aromatic carbocycles. The van der Waals surface area contributed by atoms with Gasteiger partial charge in [-0.15, -0.1) is 0 Å². The number of carbonyl (C=O) groups excluding carboxylic acids is 2. The van der Waals surface area contributed by atoms with Gasteiger partial charge in [0.05, 0.1) is 59.5 Å². The van der Waals surface area contributed by atoms with Gasteiger partial charge in [-0.1, -0.05) is 0 Å². The van der Waals surface area contributed by atoms with Crippen LogP contribution in [0, 0.1) is 60.7 Å². The number of carbonyl (C=O) groups is 2. The second-order valence-electron chi connectivity index (χ2n) is 8.71. The first-order valence-corrected chi connectivity index (χ1v) is 12.2. The number of non-ortho nitro benzene ring substituents is 2. The van der Waals surface area contributed by atoms with Crippen LogP contribution in [0.5, 0.6) is 0 Å². The second kappa shape index (κ2) is 13.9. The molecule has 0 fully saturated rings. The van der Waals surface area contributed by atoms with E-state index >= 15 is 0 Å². The van der Waals surface area contributed by atoms with Crippen LogP contribution in [0.25, 0.3) is 0 Å². The van der Waals surface area contributed by atoms with Crippen molar-refractivity contribution >= 4 is 57.7 Å². The zero-order valence-electron chi connectivity index (χ0n) is 23.2. The number of benzene rings is 3. The summed E-state index contributed by atoms with van der Waals surface area (Å²) < 4.78 is 9.85. The van der Waals surface area contributed by atoms with E-state index in [1.807, 2.05) is 0 Å². The summed E-state index contributed by atoms with van der Waals surface area (Å²) in [5.41, 5.74) is -8.46. The van der Waals surface area contributed by atoms with Crippen molar-refractivity contribution in [1.29, 1.82) is 0 Å². The molecule has 0 aliphatic heterocycles. The molecule has 0 atom stereocenters. The molecule has 0 unspecified atom stereocenters. The summed E-state index contributed by atoms with van der Waals surface area (Å²) >= 11 is 0. The predicted molar refractivity (Wildman–Crippen MR) is 152 cm³/mol. The van der Waals surface area contributed by atoms with Gasteiger partial charge in [0.15, 0.2) is 0 Å². The van der Waals surface area contributed by atoms with Gasteiger partial charge >= 0.3 is 12.2 Å². The van der Waals surface area contributed by atoms with Gasteiger partial charge in [0.1, 0.15) is 24.3 Å². The Morgan fingerprint density at radius 2 is 0.915 bits per heavy atom. The molecule has 0 saturated carbocycles. The van der Waals surface area contributed by atoms with Gasteiger partial charge in [0.2, 0.25) is 0 Å². The first-order valence-electron chi connectivity index (χ1n) is 12.2. The molecule has 3 aromatic rings. The van der Waals surface area contributed by atoms with E-state index in [4.69, 9.17) is 9.47 Å². The number of ether oxygens (including phenoxy) is 2. The van der Waals surface area contributed by atoms with Gasteiger partial charge in [-0.25, -0.2) is 9.59 Å². The average molecular weight is 660 g/mol. The third-order valence-corrected chi connectivity index (χ3v) is 6.04. The zero-order valence-corrected chi connectivity index (χ0v) is 23.2. The van der Waals surface area contributed by atoms with Crippen LogP contribution in [-0.4, -0.2) is 48.8 Å². The van der Waals surface area contributed by atoms with E-state index in [0.717, 1.165) is 12.1 Å². The van der Waals surface area contributed by atoms with Gasteiger partial charge in [0, 0.05) is 12.7 Å². The molecule has 24 heteroatoms. The highest BCUT2D eigenvalue weighted by molar-refractivity contribution is 6.09. The summed E-state index contributed by atoms with van der Waals surface area (Å²) in [6, 6.07) is 6.46. The molecule has 47 heavy (non-hydrogen) atoms. The maximum absolute atomic E-state index is 13.2. The summed E-state index contributed by atoms with van der Waals surface area (Å²) in [5.74, 6) is 0. The molecular formula is C23H16N8O16. The fourth-order valence-corrected chi connectivity index (χ4v) is 3.87. The molecule has 2 amide bonds. The van der Waals surface area contributed by atoms with Crippen LogP contribution in [-0.2, 0) is 22.7 Å². The normalized spacial score (nSPS) is 10.3. The second-order valence-corrected chi connectivity index (χ2v) is 8.71. The molecule has 3 rings (SSSR count). The third kappa shape index (κ3) is 7.58. The highest BCUT2D eigenvalue weighted by Gasteiger charge is 2.35. The molecule has 24 nitrogen and oxygen atoms in total. The van der Waals surface area contributed by atoms with Crippen molar-refractivity contribution in [1.82, 2.24) is 0 Å². The number of nitrogens with zero attached hydrogens (tertiary/aromatic N) is 7. The molecule has 1 N–H and O–H groups in total. The molecular weight excluding hydrogens is 644 g/mol. The highest BCUT2D eigenvalue weighted by Crippen LogP contribution is 2.36. The van der Waals surface area contributed by atoms with E-state index in [2.05, 4.69) is 5.32 Å². The first kappa shape index (κ1) is 34.1. The van der Waals surface area contributed by atoms with Crippen molar-refractivity contribution in [3.8, 4) is 0 Å². The number of imide groups is 1. The summed E-state index contributed by atoms with van der Waals surface area (Å²) in [6.45, 7) is -2.58. The van der Waals surface area contributed by atoms with Crippen LogP contribution in [0.4, 0.5) is 55.1 Å². The van der Waals surface area contributed by atoms with E-state index in [1.54, 1.807) is 0 Å². The topological polar surface area (TPSA) is 327 Å². The third-order valence-electron chi connectivity index (χ3n) is 6.04. The lowest BCUT2D eigenvalue weighted by atomic mass is 10.1. The summed E-state index contributed by atoms with van der Waals surface area (Å²) in [4.78, 5) is 87.9. The van der Waals surface area contributed by atoms with Crippen LogP contribution in [0.3, 0.4) is 0 Å². The molecule has 0 radical (unpaired) electrons. The first-order chi connectivity index (χ1) is 22.1. The minimum atomic E-state index is -1.71. The fourth-order valence-electron chi connectivity index (χ4n) is 3.87. The average Bonchev–Trinajstić information content (AvgIpc) is 3.01. The molecule has 0 bridgehead atoms. The summed E-state index contributed by atoms with van der Waals surface area (Å²) in [5, 5.41) is 71.3. The van der Waals surface area contributed by atoms with E-state index in [9.17, 15) is 70.3 Å². The Bertz CT molecular complexity index is 1670. The van der Waals surface area contributed by atoms with Crippen molar-refractivity contribution in [3.05, 3.63) is 120 Å². The van der Waals surface area contributed by atoms with Gasteiger partial charge in [-0.3, -0.25) is 60.7 Å². The SMILES string of the molecule is CNc1ccc(N(C(=O)OCc2c([N+](=O)[O-])cc([N+](=O)[O-])cc2[N+](=O)[O-])C(=O)OCc2c([N+](=O)[O-])cc([N+](=O)[O-])cc2[N+](=O)[O-])cc1. The quantitative estimate of drug-likeness (QED) is 0.204. The lowest BCUT2D eigenvalue weighted by molar-refractivity contribution is -0.404. The predicted octanol–water partition coefficient (Wildman–Crippen LogP) is 4.66. The van der Waals surface area contributed by atoms with Gasteiger partial charge in [-0.2, -0.15) is 4.90 Å². The number of amides is 2. The Balaban J connectivity index is 2.03. The Morgan fingerprint density at radius 3 is 1.17 bits per heavy atom. The number of nitro benzene ring substituents is 6. The van der Waals surface area contributed by atoms with Gasteiger partial charge in [0.25, 0.3) is 34.1 Å². The molecule has 0 aliphatic carbocycles. The van der Waals surface area contributed by atoms with Gasteiger partial charge < -0.3 is 14.8 Å². The van der Waals surface area contributed by atoms with Crippen LogP contribution < -0.4 is 10.2 Å². The number of anilines is 2. The Labute approximate surface area is 257 Å². The number of nitro groups is 6. The van der Waals surface area contributed by atoms with Crippen molar-refractivity contribution in [2.75, 3.05) is 17.3 Å². The van der Waals surface area contributed by atoms with Crippen LogP contribution >= 0.6 is 0 Å². The molecule has 244 valence electrons. The minimum Gasteiger partial charge on any atom is -0.443 e. The summed E-state index contributed by atoms with van der Waals surface area (Å²) in [7, 11) is 1.52. The van der Waals surface area contributed by atoms with E-state index in [-0.39, 0.29) is 10.6 Å². The number of nitrogens with one attached hydrogen (secondary N) is 1. The highest BCUT2D eigenvalue weighted by atomic mass is 16.7. The van der Waals surface area contributed by atoms with Crippen molar-refractivity contribution in [3.63, 3.8) is 0 Å². The van der Waals surface area contributed by atoms with Crippen LogP contribution in [0.15, 0.2) is 48.5 Å². The van der Waals surface area contributed by atoms with Crippen molar-refractivity contribution in [2.24, 2.45) is 0 Å². The largest absolute Gasteiger partial charge is 0.443 e. The standard InChI is InChI=1S/C23H16N8O16/c1-24-12-2-4-13(5-3-12)25(22(32)46-10-16-18(28(38)39)6-14(26(34)35)7-19(16)29(40)41)23(33)47-11-17-20(30(42)43)8-15(27(36)37)9-21(17)31(44)45/h2-9,24H,10-11H2,1H3. The van der Waals surface area contributed by atoms with Crippen molar-refractivity contribution in [2.45, 2.75) is 13.2 Å². The van der Waals surface area contributed by atoms with Crippen LogP contribution in [0.2, 0.25) is 0 Å². The summed E-state index contributed by atoms with van der Waals surface area (Å²) in [6.07, 6.45) is -3.41. The maximum Gasteiger partial charge on any atom is 0.424 e. The molecule has 0 saturated heterocycles. The van der Waals surface area contributed by atoms with Crippen molar-refractivity contribution < 1.29 is 48.6 Å². The maximum atomic E-state index is 13.2. The Hall–Kier alpha value is -7.40. The number of hydrogen-bond donors (Lipinski definition) is 1. The smallest absolute Gasteiger partial charge is 0.424 e. The number of rotatable bonds is 12. The van der Waals surface area contributed by atoms with E-state index < -0.39 is 100 Å². The molecule has 0 spiro atoms.